The van der Waals surface area contributed by atoms with Crippen LogP contribution in [-0.2, 0) is 16.1 Å². The molecule has 1 amide bonds. The van der Waals surface area contributed by atoms with E-state index in [1.807, 2.05) is 26.0 Å². The Labute approximate surface area is 128 Å². The summed E-state index contributed by atoms with van der Waals surface area (Å²) in [5.41, 5.74) is 2.19. The van der Waals surface area contributed by atoms with E-state index in [2.05, 4.69) is 5.32 Å². The number of fused-ring (bicyclic) bond motifs is 2. The number of hydrogen-bond acceptors (Lipinski definition) is 3. The zero-order valence-corrected chi connectivity index (χ0v) is 12.6. The maximum absolute atomic E-state index is 12.5. The third-order valence-electron chi connectivity index (χ3n) is 4.59. The SMILES string of the molecule is CC(C)=C1[C@H]2C=C[C@H]1[C@@H](C(=O)NCc1ccco1)[C@@H]2C(=O)O. The lowest BCUT2D eigenvalue weighted by Gasteiger charge is -2.23. The van der Waals surface area contributed by atoms with Crippen LogP contribution in [0.5, 0.6) is 0 Å². The first-order valence-corrected chi connectivity index (χ1v) is 7.39. The Hall–Kier alpha value is -2.30. The van der Waals surface area contributed by atoms with Crippen molar-refractivity contribution in [2.75, 3.05) is 0 Å². The maximum Gasteiger partial charge on any atom is 0.308 e. The van der Waals surface area contributed by atoms with E-state index in [1.165, 1.54) is 0 Å². The highest BCUT2D eigenvalue weighted by Crippen LogP contribution is 2.53. The van der Waals surface area contributed by atoms with Gasteiger partial charge in [0.05, 0.1) is 24.6 Å². The van der Waals surface area contributed by atoms with Crippen molar-refractivity contribution in [2.24, 2.45) is 23.7 Å². The minimum atomic E-state index is -0.909. The zero-order valence-electron chi connectivity index (χ0n) is 12.6. The lowest BCUT2D eigenvalue weighted by Crippen LogP contribution is -2.39. The first kappa shape index (κ1) is 14.6. The Morgan fingerprint density at radius 1 is 1.23 bits per heavy atom. The van der Waals surface area contributed by atoms with Gasteiger partial charge in [0, 0.05) is 11.8 Å². The van der Waals surface area contributed by atoms with E-state index in [4.69, 9.17) is 4.42 Å². The van der Waals surface area contributed by atoms with E-state index in [9.17, 15) is 14.7 Å². The Balaban J connectivity index is 1.82. The van der Waals surface area contributed by atoms with Crippen molar-refractivity contribution in [3.63, 3.8) is 0 Å². The monoisotopic (exact) mass is 301 g/mol. The second kappa shape index (κ2) is 5.48. The topological polar surface area (TPSA) is 79.5 Å². The second-order valence-corrected chi connectivity index (χ2v) is 6.08. The molecule has 3 rings (SSSR count). The summed E-state index contributed by atoms with van der Waals surface area (Å²) >= 11 is 0. The number of carboxylic acid groups (broad SMARTS) is 1. The summed E-state index contributed by atoms with van der Waals surface area (Å²) in [4.78, 5) is 24.2. The molecule has 0 radical (unpaired) electrons. The van der Waals surface area contributed by atoms with Crippen molar-refractivity contribution in [3.8, 4) is 0 Å². The summed E-state index contributed by atoms with van der Waals surface area (Å²) in [6.45, 7) is 4.23. The van der Waals surface area contributed by atoms with Crippen molar-refractivity contribution >= 4 is 11.9 Å². The van der Waals surface area contributed by atoms with Crippen LogP contribution >= 0.6 is 0 Å². The summed E-state index contributed by atoms with van der Waals surface area (Å²) in [5, 5.41) is 12.4. The van der Waals surface area contributed by atoms with Gasteiger partial charge in [-0.2, -0.15) is 0 Å². The first-order valence-electron chi connectivity index (χ1n) is 7.39. The minimum Gasteiger partial charge on any atom is -0.481 e. The molecule has 1 saturated carbocycles. The van der Waals surface area contributed by atoms with Gasteiger partial charge in [0.15, 0.2) is 0 Å². The molecule has 0 spiro atoms. The molecule has 5 heteroatoms. The summed E-state index contributed by atoms with van der Waals surface area (Å²) in [5.74, 6) is -1.97. The molecule has 2 aliphatic carbocycles. The molecule has 22 heavy (non-hydrogen) atoms. The average molecular weight is 301 g/mol. The van der Waals surface area contributed by atoms with Crippen molar-refractivity contribution in [3.05, 3.63) is 47.5 Å². The zero-order chi connectivity index (χ0) is 15.9. The molecule has 0 saturated heterocycles. The summed E-state index contributed by atoms with van der Waals surface area (Å²) in [7, 11) is 0. The number of allylic oxidation sites excluding steroid dienone is 4. The van der Waals surface area contributed by atoms with Gasteiger partial charge in [-0.25, -0.2) is 0 Å². The highest BCUT2D eigenvalue weighted by Gasteiger charge is 2.54. The van der Waals surface area contributed by atoms with E-state index >= 15 is 0 Å². The van der Waals surface area contributed by atoms with E-state index in [0.29, 0.717) is 5.76 Å². The molecule has 5 nitrogen and oxygen atoms in total. The molecule has 1 aromatic heterocycles. The number of furan rings is 1. The van der Waals surface area contributed by atoms with Gasteiger partial charge in [-0.1, -0.05) is 23.3 Å². The van der Waals surface area contributed by atoms with Crippen molar-refractivity contribution in [1.29, 1.82) is 0 Å². The van der Waals surface area contributed by atoms with Gasteiger partial charge in [-0.3, -0.25) is 9.59 Å². The molecular weight excluding hydrogens is 282 g/mol. The molecule has 2 N–H and O–H groups in total. The highest BCUT2D eigenvalue weighted by atomic mass is 16.4. The normalized spacial score (nSPS) is 28.9. The number of nitrogens with one attached hydrogen (secondary N) is 1. The fourth-order valence-corrected chi connectivity index (χ4v) is 3.75. The molecule has 2 aliphatic rings. The lowest BCUT2D eigenvalue weighted by molar-refractivity contribution is -0.147. The highest BCUT2D eigenvalue weighted by molar-refractivity contribution is 5.88. The second-order valence-electron chi connectivity index (χ2n) is 6.08. The third-order valence-corrected chi connectivity index (χ3v) is 4.59. The molecule has 1 aromatic rings. The van der Waals surface area contributed by atoms with Crippen LogP contribution in [0.15, 0.2) is 46.1 Å². The summed E-state index contributed by atoms with van der Waals surface area (Å²) in [6, 6.07) is 3.53. The molecule has 116 valence electrons. The lowest BCUT2D eigenvalue weighted by atomic mass is 9.82. The Bertz CT molecular complexity index is 652. The van der Waals surface area contributed by atoms with E-state index in [-0.39, 0.29) is 24.3 Å². The fourth-order valence-electron chi connectivity index (χ4n) is 3.75. The van der Waals surface area contributed by atoms with Crippen LogP contribution in [0.1, 0.15) is 19.6 Å². The van der Waals surface area contributed by atoms with Crippen molar-refractivity contribution in [2.45, 2.75) is 20.4 Å². The molecule has 2 bridgehead atoms. The van der Waals surface area contributed by atoms with Crippen LogP contribution in [0.3, 0.4) is 0 Å². The molecule has 0 aliphatic heterocycles. The van der Waals surface area contributed by atoms with Crippen LogP contribution in [0, 0.1) is 23.7 Å². The quantitative estimate of drug-likeness (QED) is 0.837. The van der Waals surface area contributed by atoms with Crippen molar-refractivity contribution in [1.82, 2.24) is 5.32 Å². The Kier molecular flexibility index (Phi) is 3.64. The van der Waals surface area contributed by atoms with E-state index in [1.54, 1.807) is 18.4 Å². The van der Waals surface area contributed by atoms with Gasteiger partial charge in [-0.15, -0.1) is 0 Å². The summed E-state index contributed by atoms with van der Waals surface area (Å²) < 4.78 is 5.19. The van der Waals surface area contributed by atoms with E-state index < -0.39 is 17.8 Å². The largest absolute Gasteiger partial charge is 0.481 e. The fraction of sp³-hybridized carbons (Fsp3) is 0.412. The molecule has 4 atom stereocenters. The predicted octanol–water partition coefficient (Wildman–Crippen LogP) is 2.37. The number of carboxylic acids is 1. The average Bonchev–Trinajstić information content (AvgIpc) is 3.17. The minimum absolute atomic E-state index is 0.104. The number of carbonyl (C=O) groups excluding carboxylic acids is 1. The smallest absolute Gasteiger partial charge is 0.308 e. The van der Waals surface area contributed by atoms with E-state index in [0.717, 1.165) is 11.1 Å². The summed E-state index contributed by atoms with van der Waals surface area (Å²) in [6.07, 6.45) is 5.45. The molecule has 1 fully saturated rings. The van der Waals surface area contributed by atoms with Gasteiger partial charge in [0.1, 0.15) is 5.76 Å². The van der Waals surface area contributed by atoms with Crippen molar-refractivity contribution < 1.29 is 19.1 Å². The number of hydrogen-bond donors (Lipinski definition) is 2. The van der Waals surface area contributed by atoms with Gasteiger partial charge in [-0.05, 0) is 26.0 Å². The Morgan fingerprint density at radius 2 is 1.91 bits per heavy atom. The maximum atomic E-state index is 12.5. The third kappa shape index (κ3) is 2.26. The van der Waals surface area contributed by atoms with Crippen LogP contribution in [0.2, 0.25) is 0 Å². The van der Waals surface area contributed by atoms with Gasteiger partial charge in [0.25, 0.3) is 0 Å². The molecule has 0 aromatic carbocycles. The van der Waals surface area contributed by atoms with Crippen LogP contribution in [-0.4, -0.2) is 17.0 Å². The van der Waals surface area contributed by atoms with Gasteiger partial charge >= 0.3 is 5.97 Å². The number of carbonyl (C=O) groups is 2. The van der Waals surface area contributed by atoms with Gasteiger partial charge < -0.3 is 14.8 Å². The molecular formula is C17H19NO4. The number of rotatable bonds is 4. The van der Waals surface area contributed by atoms with Gasteiger partial charge in [0.2, 0.25) is 5.91 Å². The standard InChI is InChI=1S/C17H19NO4/c1-9(2)13-11-5-6-12(13)15(17(20)21)14(11)16(19)18-8-10-4-3-7-22-10/h3-7,11-12,14-15H,8H2,1-2H3,(H,18,19)(H,20,21)/t11-,12-,14-,15-/m1/s1. The Morgan fingerprint density at radius 3 is 2.45 bits per heavy atom. The first-order chi connectivity index (χ1) is 10.5. The number of aliphatic carboxylic acids is 1. The number of amides is 1. The van der Waals surface area contributed by atoms with Crippen LogP contribution in [0.4, 0.5) is 0 Å². The van der Waals surface area contributed by atoms with Crippen LogP contribution < -0.4 is 5.32 Å². The van der Waals surface area contributed by atoms with Crippen LogP contribution in [0.25, 0.3) is 0 Å². The predicted molar refractivity (Wildman–Crippen MR) is 79.7 cm³/mol. The molecule has 0 unspecified atom stereocenters. The molecule has 1 heterocycles.